The monoisotopic (exact) mass is 507 g/mol. The van der Waals surface area contributed by atoms with Crippen LogP contribution in [0.4, 0.5) is 0 Å². The van der Waals surface area contributed by atoms with Gasteiger partial charge in [-0.1, -0.05) is 24.3 Å². The van der Waals surface area contributed by atoms with Crippen molar-refractivity contribution in [3.8, 4) is 11.5 Å². The van der Waals surface area contributed by atoms with Crippen LogP contribution in [0, 0.1) is 18.8 Å². The van der Waals surface area contributed by atoms with Crippen molar-refractivity contribution in [2.24, 2.45) is 11.8 Å². The normalized spacial score (nSPS) is 14.8. The Hall–Kier alpha value is -3.29. The number of carboxylic acids is 1. The molecule has 0 spiro atoms. The first-order valence-corrected chi connectivity index (χ1v) is 12.7. The fourth-order valence-electron chi connectivity index (χ4n) is 5.68. The molecule has 1 aliphatic carbocycles. The molecule has 3 aromatic rings. The fraction of sp³-hybridized carbons (Fsp3) is 0.433. The van der Waals surface area contributed by atoms with E-state index in [0.717, 1.165) is 41.5 Å². The van der Waals surface area contributed by atoms with Crippen molar-refractivity contribution in [3.05, 3.63) is 82.2 Å². The molecule has 7 heteroatoms. The van der Waals surface area contributed by atoms with Crippen LogP contribution in [-0.2, 0) is 41.9 Å². The van der Waals surface area contributed by atoms with E-state index in [2.05, 4.69) is 24.3 Å². The van der Waals surface area contributed by atoms with E-state index in [0.29, 0.717) is 30.6 Å². The number of aliphatic hydroxyl groups excluding tert-OH is 1. The molecule has 1 aliphatic rings. The second-order valence-corrected chi connectivity index (χ2v) is 10.0. The number of aromatic nitrogens is 1. The Morgan fingerprint density at radius 2 is 1.62 bits per heavy atom. The van der Waals surface area contributed by atoms with Crippen LogP contribution in [0.3, 0.4) is 0 Å². The van der Waals surface area contributed by atoms with Gasteiger partial charge in [0.05, 0.1) is 33.4 Å². The van der Waals surface area contributed by atoms with Gasteiger partial charge in [-0.15, -0.1) is 0 Å². The smallest absolute Gasteiger partial charge is 0.307 e. The predicted molar refractivity (Wildman–Crippen MR) is 141 cm³/mol. The minimum absolute atomic E-state index is 0.0663. The number of rotatable bonds is 12. The average molecular weight is 508 g/mol. The highest BCUT2D eigenvalue weighted by Gasteiger charge is 2.30. The molecule has 198 valence electrons. The van der Waals surface area contributed by atoms with Crippen LogP contribution in [0.2, 0.25) is 0 Å². The van der Waals surface area contributed by atoms with Gasteiger partial charge in [-0.3, -0.25) is 4.79 Å². The van der Waals surface area contributed by atoms with Crippen LogP contribution in [-0.4, -0.2) is 42.1 Å². The zero-order valence-electron chi connectivity index (χ0n) is 22.1. The number of benzene rings is 2. The van der Waals surface area contributed by atoms with Crippen LogP contribution in [0.5, 0.6) is 11.5 Å². The number of ether oxygens (including phenoxy) is 3. The van der Waals surface area contributed by atoms with E-state index < -0.39 is 12.1 Å². The summed E-state index contributed by atoms with van der Waals surface area (Å²) in [7, 11) is 4.84. The summed E-state index contributed by atoms with van der Waals surface area (Å²) in [6.07, 6.45) is 5.80. The third kappa shape index (κ3) is 6.17. The Kier molecular flexibility index (Phi) is 8.56. The van der Waals surface area contributed by atoms with Crippen molar-refractivity contribution in [1.82, 2.24) is 4.57 Å². The van der Waals surface area contributed by atoms with Gasteiger partial charge >= 0.3 is 5.97 Å². The van der Waals surface area contributed by atoms with Crippen molar-refractivity contribution in [3.63, 3.8) is 0 Å². The highest BCUT2D eigenvalue weighted by Crippen LogP contribution is 2.39. The standard InChI is InChI=1S/C30H37NO6/c1-19-27(36-3)12-23(13-28(19)37-4)30(34)25(11-20-9-21-7-5-6-8-22(21)10-20)16-31-15-24(14-29(32)33)26(17-31)18-35-2/h5-8,12-13,15,17,20,25,30,34H,9-11,14,16,18H2,1-4H3,(H,32,33)/t25-,30+/m0/s1. The maximum atomic E-state index is 11.7. The molecule has 0 bridgehead atoms. The summed E-state index contributed by atoms with van der Waals surface area (Å²) >= 11 is 0. The predicted octanol–water partition coefficient (Wildman–Crippen LogP) is 4.74. The number of hydrogen-bond donors (Lipinski definition) is 2. The number of methoxy groups -OCH3 is 3. The maximum absolute atomic E-state index is 11.7. The average Bonchev–Trinajstić information content (AvgIpc) is 3.46. The van der Waals surface area contributed by atoms with Gasteiger partial charge in [0, 0.05) is 37.5 Å². The lowest BCUT2D eigenvalue weighted by Gasteiger charge is -2.27. The molecule has 0 radical (unpaired) electrons. The number of fused-ring (bicyclic) bond motifs is 1. The molecule has 0 amide bonds. The van der Waals surface area contributed by atoms with E-state index >= 15 is 0 Å². The Balaban J connectivity index is 1.65. The Morgan fingerprint density at radius 1 is 1.03 bits per heavy atom. The van der Waals surface area contributed by atoms with E-state index in [1.54, 1.807) is 21.3 Å². The van der Waals surface area contributed by atoms with Crippen molar-refractivity contribution >= 4 is 5.97 Å². The highest BCUT2D eigenvalue weighted by atomic mass is 16.5. The SMILES string of the molecule is COCc1cn(C[C@H](CC2Cc3ccccc3C2)[C@H](O)c2cc(OC)c(C)c(OC)c2)cc1CC(=O)O. The van der Waals surface area contributed by atoms with E-state index in [9.17, 15) is 15.0 Å². The van der Waals surface area contributed by atoms with E-state index in [1.807, 2.05) is 36.0 Å². The number of aliphatic carboxylic acids is 1. The number of carbonyl (C=O) groups is 1. The summed E-state index contributed by atoms with van der Waals surface area (Å²) in [5.41, 5.74) is 5.98. The van der Waals surface area contributed by atoms with Gasteiger partial charge in [0.25, 0.3) is 0 Å². The topological polar surface area (TPSA) is 90.2 Å². The Bertz CT molecular complexity index is 1180. The molecule has 0 unspecified atom stereocenters. The van der Waals surface area contributed by atoms with Crippen molar-refractivity contribution in [2.75, 3.05) is 21.3 Å². The molecule has 2 N–H and O–H groups in total. The van der Waals surface area contributed by atoms with Gasteiger partial charge in [-0.05, 0) is 72.1 Å². The van der Waals surface area contributed by atoms with Gasteiger partial charge in [0.2, 0.25) is 0 Å². The van der Waals surface area contributed by atoms with Crippen molar-refractivity contribution in [2.45, 2.75) is 51.9 Å². The quantitative estimate of drug-likeness (QED) is 0.368. The summed E-state index contributed by atoms with van der Waals surface area (Å²) in [6.45, 7) is 2.82. The number of hydrogen-bond acceptors (Lipinski definition) is 5. The van der Waals surface area contributed by atoms with Gasteiger partial charge in [0.1, 0.15) is 11.5 Å². The molecule has 0 aliphatic heterocycles. The molecule has 7 nitrogen and oxygen atoms in total. The van der Waals surface area contributed by atoms with Crippen LogP contribution in [0.25, 0.3) is 0 Å². The zero-order chi connectivity index (χ0) is 26.5. The number of nitrogens with zero attached hydrogens (tertiary/aromatic N) is 1. The first kappa shape index (κ1) is 26.8. The van der Waals surface area contributed by atoms with Gasteiger partial charge in [-0.25, -0.2) is 0 Å². The molecule has 0 fully saturated rings. The fourth-order valence-corrected chi connectivity index (χ4v) is 5.68. The van der Waals surface area contributed by atoms with Crippen LogP contribution >= 0.6 is 0 Å². The molecular formula is C30H37NO6. The maximum Gasteiger partial charge on any atom is 0.307 e. The van der Waals surface area contributed by atoms with E-state index in [1.165, 1.54) is 11.1 Å². The summed E-state index contributed by atoms with van der Waals surface area (Å²) in [6, 6.07) is 12.3. The molecule has 0 saturated carbocycles. The lowest BCUT2D eigenvalue weighted by Crippen LogP contribution is -2.22. The molecule has 1 heterocycles. The minimum atomic E-state index is -0.880. The molecule has 1 aromatic heterocycles. The van der Waals surface area contributed by atoms with Crippen molar-refractivity contribution < 1.29 is 29.2 Å². The van der Waals surface area contributed by atoms with E-state index in [4.69, 9.17) is 14.2 Å². The molecule has 37 heavy (non-hydrogen) atoms. The molecule has 4 rings (SSSR count). The summed E-state index contributed by atoms with van der Waals surface area (Å²) in [5, 5.41) is 21.1. The zero-order valence-corrected chi connectivity index (χ0v) is 22.1. The molecular weight excluding hydrogens is 470 g/mol. The Labute approximate surface area is 218 Å². The number of carboxylic acid groups (broad SMARTS) is 1. The Morgan fingerprint density at radius 3 is 2.16 bits per heavy atom. The highest BCUT2D eigenvalue weighted by molar-refractivity contribution is 5.70. The molecule has 0 saturated heterocycles. The second kappa shape index (κ2) is 11.8. The van der Waals surface area contributed by atoms with Gasteiger partial charge < -0.3 is 29.0 Å². The van der Waals surface area contributed by atoms with Crippen LogP contribution in [0.1, 0.15) is 45.9 Å². The van der Waals surface area contributed by atoms with Gasteiger partial charge in [-0.2, -0.15) is 0 Å². The van der Waals surface area contributed by atoms with Crippen LogP contribution < -0.4 is 9.47 Å². The second-order valence-electron chi connectivity index (χ2n) is 10.0. The molecule has 2 aromatic carbocycles. The van der Waals surface area contributed by atoms with Gasteiger partial charge in [0.15, 0.2) is 0 Å². The largest absolute Gasteiger partial charge is 0.496 e. The lowest BCUT2D eigenvalue weighted by atomic mass is 9.85. The summed E-state index contributed by atoms with van der Waals surface area (Å²) < 4.78 is 18.5. The van der Waals surface area contributed by atoms with Crippen LogP contribution in [0.15, 0.2) is 48.8 Å². The summed E-state index contributed by atoms with van der Waals surface area (Å²) in [4.78, 5) is 11.4. The number of aliphatic hydroxyl groups is 1. The molecule has 2 atom stereocenters. The third-order valence-electron chi connectivity index (χ3n) is 7.48. The van der Waals surface area contributed by atoms with E-state index in [-0.39, 0.29) is 12.3 Å². The van der Waals surface area contributed by atoms with Crippen molar-refractivity contribution in [1.29, 1.82) is 0 Å². The third-order valence-corrected chi connectivity index (χ3v) is 7.48. The lowest BCUT2D eigenvalue weighted by molar-refractivity contribution is -0.136. The first-order chi connectivity index (χ1) is 17.8. The minimum Gasteiger partial charge on any atom is -0.496 e. The first-order valence-electron chi connectivity index (χ1n) is 12.7. The summed E-state index contributed by atoms with van der Waals surface area (Å²) in [5.74, 6) is 0.768.